The van der Waals surface area contributed by atoms with Gasteiger partial charge in [-0.2, -0.15) is 0 Å². The van der Waals surface area contributed by atoms with E-state index in [1.54, 1.807) is 13.0 Å². The number of piperidine rings is 1. The summed E-state index contributed by atoms with van der Waals surface area (Å²) >= 11 is 1.41. The Balaban J connectivity index is 1.71. The van der Waals surface area contributed by atoms with Crippen LogP contribution in [-0.2, 0) is 9.53 Å². The number of nitrogens with one attached hydrogen (secondary N) is 1. The number of esters is 1. The van der Waals surface area contributed by atoms with Gasteiger partial charge in [0, 0.05) is 17.8 Å². The average molecular weight is 387 g/mol. The molecule has 0 aliphatic carbocycles. The lowest BCUT2D eigenvalue weighted by molar-refractivity contribution is -0.116. The van der Waals surface area contributed by atoms with E-state index >= 15 is 0 Å². The largest absolute Gasteiger partial charge is 0.462 e. The molecule has 0 atom stereocenters. The Morgan fingerprint density at radius 3 is 2.59 bits per heavy atom. The van der Waals surface area contributed by atoms with Crippen LogP contribution in [0.1, 0.15) is 43.0 Å². The molecule has 2 heterocycles. The van der Waals surface area contributed by atoms with Gasteiger partial charge in [-0.05, 0) is 44.5 Å². The molecule has 27 heavy (non-hydrogen) atoms. The van der Waals surface area contributed by atoms with E-state index in [4.69, 9.17) is 4.74 Å². The van der Waals surface area contributed by atoms with E-state index < -0.39 is 5.97 Å². The molecule has 1 amide bonds. The third-order valence-corrected chi connectivity index (χ3v) is 5.74. The number of rotatable bonds is 7. The lowest BCUT2D eigenvalue weighted by atomic mass is 10.1. The van der Waals surface area contributed by atoms with E-state index in [0.717, 1.165) is 30.1 Å². The van der Waals surface area contributed by atoms with E-state index in [2.05, 4.69) is 10.2 Å². The van der Waals surface area contributed by atoms with Crippen LogP contribution in [0.5, 0.6) is 0 Å². The minimum Gasteiger partial charge on any atom is -0.462 e. The smallest absolute Gasteiger partial charge is 0.341 e. The molecule has 1 aromatic carbocycles. The number of likely N-dealkylation sites (tertiary alicyclic amines) is 1. The highest BCUT2D eigenvalue weighted by molar-refractivity contribution is 7.20. The number of benzene rings is 1. The van der Waals surface area contributed by atoms with Crippen molar-refractivity contribution in [2.24, 2.45) is 0 Å². The second kappa shape index (κ2) is 9.67. The molecule has 1 fully saturated rings. The van der Waals surface area contributed by atoms with Crippen molar-refractivity contribution in [1.82, 2.24) is 4.90 Å². The van der Waals surface area contributed by atoms with Gasteiger partial charge in [-0.25, -0.2) is 4.79 Å². The minimum absolute atomic E-state index is 0.0624. The Kier molecular flexibility index (Phi) is 7.01. The molecule has 3 rings (SSSR count). The zero-order valence-electron chi connectivity index (χ0n) is 15.7. The van der Waals surface area contributed by atoms with E-state index in [-0.39, 0.29) is 5.91 Å². The molecular weight excluding hydrogens is 360 g/mol. The van der Waals surface area contributed by atoms with Crippen LogP contribution in [0.4, 0.5) is 5.00 Å². The highest BCUT2D eigenvalue weighted by atomic mass is 32.1. The number of anilines is 1. The summed E-state index contributed by atoms with van der Waals surface area (Å²) in [5, 5.41) is 3.50. The molecule has 0 unspecified atom stereocenters. The van der Waals surface area contributed by atoms with Crippen molar-refractivity contribution in [2.45, 2.75) is 32.6 Å². The zero-order valence-corrected chi connectivity index (χ0v) is 16.5. The van der Waals surface area contributed by atoms with Gasteiger partial charge >= 0.3 is 5.97 Å². The SMILES string of the molecule is CCOC(=O)c1cc(-c2ccccc2)sc1NC(=O)CCN1CCCCC1. The molecule has 0 saturated carbocycles. The summed E-state index contributed by atoms with van der Waals surface area (Å²) in [5.41, 5.74) is 1.44. The average Bonchev–Trinajstić information content (AvgIpc) is 3.12. The van der Waals surface area contributed by atoms with Crippen LogP contribution in [0.2, 0.25) is 0 Å². The van der Waals surface area contributed by atoms with E-state index in [0.29, 0.717) is 23.6 Å². The molecule has 1 N–H and O–H groups in total. The number of ether oxygens (including phenoxy) is 1. The van der Waals surface area contributed by atoms with Crippen LogP contribution in [0.3, 0.4) is 0 Å². The predicted molar refractivity (Wildman–Crippen MR) is 109 cm³/mol. The van der Waals surface area contributed by atoms with Crippen molar-refractivity contribution in [2.75, 3.05) is 31.6 Å². The van der Waals surface area contributed by atoms with Gasteiger partial charge in [0.25, 0.3) is 0 Å². The molecule has 2 aromatic rings. The fourth-order valence-electron chi connectivity index (χ4n) is 3.22. The molecule has 6 heteroatoms. The van der Waals surface area contributed by atoms with Crippen LogP contribution in [0.25, 0.3) is 10.4 Å². The highest BCUT2D eigenvalue weighted by Crippen LogP contribution is 2.36. The molecular formula is C21H26N2O3S. The van der Waals surface area contributed by atoms with Crippen molar-refractivity contribution < 1.29 is 14.3 Å². The molecule has 0 radical (unpaired) electrons. The second-order valence-electron chi connectivity index (χ2n) is 6.64. The van der Waals surface area contributed by atoms with Crippen LogP contribution in [-0.4, -0.2) is 43.0 Å². The summed E-state index contributed by atoms with van der Waals surface area (Å²) in [7, 11) is 0. The third kappa shape index (κ3) is 5.40. The van der Waals surface area contributed by atoms with Gasteiger partial charge in [0.1, 0.15) is 5.00 Å². The lowest BCUT2D eigenvalue weighted by Gasteiger charge is -2.25. The Morgan fingerprint density at radius 2 is 1.89 bits per heavy atom. The number of hydrogen-bond donors (Lipinski definition) is 1. The minimum atomic E-state index is -0.401. The number of carbonyl (C=O) groups is 2. The number of carbonyl (C=O) groups excluding carboxylic acids is 2. The molecule has 1 saturated heterocycles. The van der Waals surface area contributed by atoms with Crippen LogP contribution >= 0.6 is 11.3 Å². The fourth-order valence-corrected chi connectivity index (χ4v) is 4.29. The summed E-state index contributed by atoms with van der Waals surface area (Å²) in [6.07, 6.45) is 4.13. The monoisotopic (exact) mass is 386 g/mol. The Labute approximate surface area is 164 Å². The Hall–Kier alpha value is -2.18. The van der Waals surface area contributed by atoms with Gasteiger partial charge in [-0.1, -0.05) is 36.8 Å². The van der Waals surface area contributed by atoms with E-state index in [1.165, 1.54) is 30.6 Å². The zero-order chi connectivity index (χ0) is 19.1. The topological polar surface area (TPSA) is 58.6 Å². The van der Waals surface area contributed by atoms with Crippen molar-refractivity contribution in [3.8, 4) is 10.4 Å². The number of hydrogen-bond acceptors (Lipinski definition) is 5. The summed E-state index contributed by atoms with van der Waals surface area (Å²) < 4.78 is 5.16. The molecule has 1 aliphatic heterocycles. The first-order valence-electron chi connectivity index (χ1n) is 9.56. The Morgan fingerprint density at radius 1 is 1.15 bits per heavy atom. The Bertz CT molecular complexity index is 767. The molecule has 0 spiro atoms. The van der Waals surface area contributed by atoms with Crippen LogP contribution < -0.4 is 5.32 Å². The van der Waals surface area contributed by atoms with Gasteiger partial charge < -0.3 is 15.0 Å². The van der Waals surface area contributed by atoms with Crippen molar-refractivity contribution >= 4 is 28.2 Å². The second-order valence-corrected chi connectivity index (χ2v) is 7.69. The van der Waals surface area contributed by atoms with Gasteiger partial charge in [0.2, 0.25) is 5.91 Å². The highest BCUT2D eigenvalue weighted by Gasteiger charge is 2.20. The van der Waals surface area contributed by atoms with Crippen molar-refractivity contribution in [1.29, 1.82) is 0 Å². The number of amides is 1. The first kappa shape index (κ1) is 19.6. The maximum absolute atomic E-state index is 12.5. The fraction of sp³-hybridized carbons (Fsp3) is 0.429. The summed E-state index contributed by atoms with van der Waals surface area (Å²) in [5.74, 6) is -0.463. The normalized spacial score (nSPS) is 14.7. The molecule has 1 aromatic heterocycles. The quantitative estimate of drug-likeness (QED) is 0.716. The molecule has 0 bridgehead atoms. The maximum Gasteiger partial charge on any atom is 0.341 e. The first-order valence-corrected chi connectivity index (χ1v) is 10.4. The van der Waals surface area contributed by atoms with Crippen LogP contribution in [0.15, 0.2) is 36.4 Å². The number of nitrogens with zero attached hydrogens (tertiary/aromatic N) is 1. The lowest BCUT2D eigenvalue weighted by Crippen LogP contribution is -2.32. The van der Waals surface area contributed by atoms with Gasteiger partial charge in [-0.15, -0.1) is 11.3 Å². The number of thiophene rings is 1. The molecule has 144 valence electrons. The molecule has 1 aliphatic rings. The first-order chi connectivity index (χ1) is 13.2. The van der Waals surface area contributed by atoms with E-state index in [9.17, 15) is 9.59 Å². The van der Waals surface area contributed by atoms with Crippen molar-refractivity contribution in [3.63, 3.8) is 0 Å². The van der Waals surface area contributed by atoms with Crippen molar-refractivity contribution in [3.05, 3.63) is 42.0 Å². The summed E-state index contributed by atoms with van der Waals surface area (Å²) in [6, 6.07) is 11.6. The van der Waals surface area contributed by atoms with Gasteiger partial charge in [-0.3, -0.25) is 4.79 Å². The third-order valence-electron chi connectivity index (χ3n) is 4.64. The summed E-state index contributed by atoms with van der Waals surface area (Å²) in [4.78, 5) is 28.0. The predicted octanol–water partition coefficient (Wildman–Crippen LogP) is 4.41. The van der Waals surface area contributed by atoms with Gasteiger partial charge in [0.05, 0.1) is 12.2 Å². The van der Waals surface area contributed by atoms with E-state index in [1.807, 2.05) is 30.3 Å². The van der Waals surface area contributed by atoms with Gasteiger partial charge in [0.15, 0.2) is 0 Å². The molecule has 5 nitrogen and oxygen atoms in total. The summed E-state index contributed by atoms with van der Waals surface area (Å²) in [6.45, 7) is 4.98. The maximum atomic E-state index is 12.5. The van der Waals surface area contributed by atoms with Crippen LogP contribution in [0, 0.1) is 0 Å². The standard InChI is InChI=1S/C21H26N2O3S/c1-2-26-21(25)17-15-18(16-9-5-3-6-10-16)27-20(17)22-19(24)11-14-23-12-7-4-8-13-23/h3,5-6,9-10,15H,2,4,7-8,11-14H2,1H3,(H,22,24).